The summed E-state index contributed by atoms with van der Waals surface area (Å²) >= 11 is 1.66. The van der Waals surface area contributed by atoms with E-state index in [1.807, 2.05) is 43.5 Å². The molecule has 1 unspecified atom stereocenters. The summed E-state index contributed by atoms with van der Waals surface area (Å²) in [6.07, 6.45) is 2.57. The Morgan fingerprint density at radius 1 is 1.41 bits per heavy atom. The first-order valence-corrected chi connectivity index (χ1v) is 7.09. The molecule has 0 radical (unpaired) electrons. The van der Waals surface area contributed by atoms with Crippen molar-refractivity contribution in [1.29, 1.82) is 0 Å². The second kappa shape index (κ2) is 6.67. The van der Waals surface area contributed by atoms with Gasteiger partial charge in [0, 0.05) is 0 Å². The Balaban J connectivity index is 3.10. The molecule has 0 fully saturated rings. The van der Waals surface area contributed by atoms with Crippen molar-refractivity contribution in [3.05, 3.63) is 35.9 Å². The largest absolute Gasteiger partial charge is 0.480 e. The zero-order valence-corrected chi connectivity index (χ0v) is 11.1. The molecule has 1 rings (SSSR count). The van der Waals surface area contributed by atoms with Gasteiger partial charge in [-0.1, -0.05) is 37.3 Å². The van der Waals surface area contributed by atoms with E-state index < -0.39 is 11.5 Å². The Bertz CT molecular complexity index is 356. The van der Waals surface area contributed by atoms with Crippen LogP contribution in [0.15, 0.2) is 30.3 Å². The lowest BCUT2D eigenvalue weighted by Gasteiger charge is -2.30. The molecular formula is C13H19NO2S. The van der Waals surface area contributed by atoms with Gasteiger partial charge in [0.25, 0.3) is 0 Å². The highest BCUT2D eigenvalue weighted by Gasteiger charge is 2.38. The van der Waals surface area contributed by atoms with Gasteiger partial charge in [0.15, 0.2) is 0 Å². The molecule has 2 N–H and O–H groups in total. The van der Waals surface area contributed by atoms with Crippen LogP contribution in [0.5, 0.6) is 0 Å². The fourth-order valence-corrected chi connectivity index (χ4v) is 2.43. The summed E-state index contributed by atoms with van der Waals surface area (Å²) in [5.74, 6) is 0.00776. The lowest BCUT2D eigenvalue weighted by atomic mass is 9.87. The van der Waals surface area contributed by atoms with Crippen LogP contribution in [0.1, 0.15) is 18.9 Å². The number of nitrogens with one attached hydrogen (secondary N) is 1. The highest BCUT2D eigenvalue weighted by Crippen LogP contribution is 2.27. The van der Waals surface area contributed by atoms with Crippen molar-refractivity contribution in [2.75, 3.05) is 18.6 Å². The molecule has 1 aromatic rings. The Morgan fingerprint density at radius 2 is 2.06 bits per heavy atom. The van der Waals surface area contributed by atoms with Crippen LogP contribution in [0, 0.1) is 0 Å². The van der Waals surface area contributed by atoms with E-state index in [9.17, 15) is 9.90 Å². The summed E-state index contributed by atoms with van der Waals surface area (Å²) in [5.41, 5.74) is -0.137. The van der Waals surface area contributed by atoms with Crippen LogP contribution in [0.4, 0.5) is 0 Å². The summed E-state index contributed by atoms with van der Waals surface area (Å²) in [6, 6.07) is 9.40. The first kappa shape index (κ1) is 14.1. The third-order valence-electron chi connectivity index (χ3n) is 2.79. The van der Waals surface area contributed by atoms with Gasteiger partial charge in [0.1, 0.15) is 5.54 Å². The number of carboxylic acid groups (broad SMARTS) is 1. The number of likely N-dealkylation sites (N-methyl/N-ethyl adjacent to an activating group) is 1. The van der Waals surface area contributed by atoms with Gasteiger partial charge in [-0.2, -0.15) is 11.8 Å². The van der Waals surface area contributed by atoms with Gasteiger partial charge in [-0.25, -0.2) is 4.79 Å². The van der Waals surface area contributed by atoms with E-state index in [2.05, 4.69) is 5.32 Å². The molecule has 0 bridgehead atoms. The molecule has 1 aromatic carbocycles. The van der Waals surface area contributed by atoms with Crippen LogP contribution in [-0.4, -0.2) is 29.6 Å². The second-order valence-electron chi connectivity index (χ2n) is 3.85. The maximum absolute atomic E-state index is 11.6. The zero-order valence-electron chi connectivity index (χ0n) is 10.3. The zero-order chi connectivity index (χ0) is 12.7. The van der Waals surface area contributed by atoms with E-state index in [1.54, 1.807) is 11.8 Å². The number of aliphatic carboxylic acids is 1. The Labute approximate surface area is 107 Å². The first-order chi connectivity index (χ1) is 8.17. The van der Waals surface area contributed by atoms with Gasteiger partial charge in [-0.15, -0.1) is 0 Å². The third kappa shape index (κ3) is 3.23. The maximum Gasteiger partial charge on any atom is 0.328 e. The highest BCUT2D eigenvalue weighted by atomic mass is 32.2. The molecule has 3 nitrogen and oxygen atoms in total. The van der Waals surface area contributed by atoms with Gasteiger partial charge >= 0.3 is 5.97 Å². The average Bonchev–Trinajstić information content (AvgIpc) is 2.35. The first-order valence-electron chi connectivity index (χ1n) is 5.70. The molecule has 0 aliphatic heterocycles. The third-order valence-corrected chi connectivity index (χ3v) is 3.40. The smallest absolute Gasteiger partial charge is 0.328 e. The van der Waals surface area contributed by atoms with Crippen molar-refractivity contribution in [1.82, 2.24) is 5.32 Å². The van der Waals surface area contributed by atoms with Gasteiger partial charge in [-0.3, -0.25) is 5.32 Å². The highest BCUT2D eigenvalue weighted by molar-refractivity contribution is 7.98. The summed E-state index contributed by atoms with van der Waals surface area (Å²) in [6.45, 7) is 2.56. The minimum Gasteiger partial charge on any atom is -0.480 e. The summed E-state index contributed by atoms with van der Waals surface area (Å²) < 4.78 is 0. The van der Waals surface area contributed by atoms with Crippen molar-refractivity contribution in [2.24, 2.45) is 0 Å². The van der Waals surface area contributed by atoms with Crippen LogP contribution in [0.3, 0.4) is 0 Å². The van der Waals surface area contributed by atoms with E-state index in [-0.39, 0.29) is 0 Å². The molecule has 4 heteroatoms. The Kier molecular flexibility index (Phi) is 5.51. The Morgan fingerprint density at radius 3 is 2.53 bits per heavy atom. The monoisotopic (exact) mass is 253 g/mol. The maximum atomic E-state index is 11.6. The number of thioether (sulfide) groups is 1. The molecular weight excluding hydrogens is 234 g/mol. The molecule has 0 heterocycles. The molecule has 0 amide bonds. The van der Waals surface area contributed by atoms with E-state index in [0.717, 1.165) is 11.3 Å². The number of rotatable bonds is 7. The lowest BCUT2D eigenvalue weighted by Crippen LogP contribution is -2.49. The summed E-state index contributed by atoms with van der Waals surface area (Å²) in [5, 5.41) is 12.7. The van der Waals surface area contributed by atoms with E-state index >= 15 is 0 Å². The van der Waals surface area contributed by atoms with E-state index in [1.165, 1.54) is 0 Å². The number of hydrogen-bond donors (Lipinski definition) is 2. The van der Waals surface area contributed by atoms with E-state index in [4.69, 9.17) is 0 Å². The standard InChI is InChI=1S/C13H19NO2S/c1-3-14-13(12(15)16,9-10-17-2)11-7-5-4-6-8-11/h4-8,14H,3,9-10H2,1-2H3,(H,15,16). The molecule has 0 aliphatic rings. The fourth-order valence-electron chi connectivity index (χ4n) is 1.92. The fraction of sp³-hybridized carbons (Fsp3) is 0.462. The van der Waals surface area contributed by atoms with Crippen molar-refractivity contribution >= 4 is 17.7 Å². The number of hydrogen-bond acceptors (Lipinski definition) is 3. The second-order valence-corrected chi connectivity index (χ2v) is 4.84. The van der Waals surface area contributed by atoms with Crippen LogP contribution < -0.4 is 5.32 Å². The van der Waals surface area contributed by atoms with Crippen molar-refractivity contribution < 1.29 is 9.90 Å². The molecule has 0 aromatic heterocycles. The molecule has 0 aliphatic carbocycles. The summed E-state index contributed by atoms with van der Waals surface area (Å²) in [4.78, 5) is 11.6. The van der Waals surface area contributed by atoms with Crippen LogP contribution in [-0.2, 0) is 10.3 Å². The average molecular weight is 253 g/mol. The minimum atomic E-state index is -0.959. The van der Waals surface area contributed by atoms with Crippen molar-refractivity contribution in [2.45, 2.75) is 18.9 Å². The van der Waals surface area contributed by atoms with E-state index in [0.29, 0.717) is 13.0 Å². The molecule has 0 saturated heterocycles. The van der Waals surface area contributed by atoms with Gasteiger partial charge in [-0.05, 0) is 30.5 Å². The quantitative estimate of drug-likeness (QED) is 0.783. The normalized spacial score (nSPS) is 14.2. The molecule has 0 saturated carbocycles. The lowest BCUT2D eigenvalue weighted by molar-refractivity contribution is -0.145. The number of benzene rings is 1. The predicted molar refractivity (Wildman–Crippen MR) is 72.4 cm³/mol. The Hall–Kier alpha value is -1.00. The summed E-state index contributed by atoms with van der Waals surface area (Å²) in [7, 11) is 0. The van der Waals surface area contributed by atoms with Crippen LogP contribution >= 0.6 is 11.8 Å². The van der Waals surface area contributed by atoms with Gasteiger partial charge < -0.3 is 5.11 Å². The molecule has 1 atom stereocenters. The van der Waals surface area contributed by atoms with Crippen molar-refractivity contribution in [3.8, 4) is 0 Å². The minimum absolute atomic E-state index is 0.585. The number of carbonyl (C=O) groups is 1. The van der Waals surface area contributed by atoms with Gasteiger partial charge in [0.05, 0.1) is 0 Å². The molecule has 17 heavy (non-hydrogen) atoms. The van der Waals surface area contributed by atoms with Crippen LogP contribution in [0.2, 0.25) is 0 Å². The van der Waals surface area contributed by atoms with Gasteiger partial charge in [0.2, 0.25) is 0 Å². The SMILES string of the molecule is CCNC(CCSC)(C(=O)O)c1ccccc1. The molecule has 94 valence electrons. The van der Waals surface area contributed by atoms with Crippen LogP contribution in [0.25, 0.3) is 0 Å². The predicted octanol–water partition coefficient (Wildman–Crippen LogP) is 2.33. The molecule has 0 spiro atoms. The van der Waals surface area contributed by atoms with Crippen molar-refractivity contribution in [3.63, 3.8) is 0 Å². The topological polar surface area (TPSA) is 49.3 Å². The number of carboxylic acids is 1.